The predicted octanol–water partition coefficient (Wildman–Crippen LogP) is 0.461. The van der Waals surface area contributed by atoms with Crippen molar-refractivity contribution in [1.29, 1.82) is 0 Å². The van der Waals surface area contributed by atoms with Gasteiger partial charge in [0.25, 0.3) is 0 Å². The van der Waals surface area contributed by atoms with Crippen LogP contribution < -0.4 is 5.32 Å². The normalized spacial score (nSPS) is 16.2. The summed E-state index contributed by atoms with van der Waals surface area (Å²) in [6, 6.07) is -0.0996. The van der Waals surface area contributed by atoms with Crippen molar-refractivity contribution in [3.05, 3.63) is 0 Å². The van der Waals surface area contributed by atoms with Crippen molar-refractivity contribution in [2.45, 2.75) is 20.3 Å². The van der Waals surface area contributed by atoms with E-state index in [-0.39, 0.29) is 12.6 Å². The summed E-state index contributed by atoms with van der Waals surface area (Å²) in [5.41, 5.74) is 0. The van der Waals surface area contributed by atoms with Crippen LogP contribution in [0.25, 0.3) is 0 Å². The lowest BCUT2D eigenvalue weighted by atomic mass is 10.1. The molecule has 0 radical (unpaired) electrons. The Kier molecular flexibility index (Phi) is 8.07. The fourth-order valence-electron chi connectivity index (χ4n) is 2.06. The summed E-state index contributed by atoms with van der Waals surface area (Å²) in [6.07, 6.45) is 1.03. The number of carboxylic acids is 1. The Labute approximate surface area is 126 Å². The Morgan fingerprint density at radius 1 is 1.19 bits per heavy atom. The molecule has 2 N–H and O–H groups in total. The third-order valence-electron chi connectivity index (χ3n) is 3.38. The molecule has 122 valence electrons. The van der Waals surface area contributed by atoms with Crippen LogP contribution in [0, 0.1) is 5.92 Å². The van der Waals surface area contributed by atoms with Gasteiger partial charge >= 0.3 is 12.0 Å². The molecule has 1 fully saturated rings. The van der Waals surface area contributed by atoms with Crippen LogP contribution in [-0.4, -0.2) is 79.4 Å². The van der Waals surface area contributed by atoms with Crippen LogP contribution in [0.4, 0.5) is 4.79 Å². The van der Waals surface area contributed by atoms with E-state index in [9.17, 15) is 9.59 Å². The van der Waals surface area contributed by atoms with Crippen LogP contribution in [0.2, 0.25) is 0 Å². The number of carbonyl (C=O) groups excluding carboxylic acids is 1. The van der Waals surface area contributed by atoms with Gasteiger partial charge in [-0.3, -0.25) is 9.69 Å². The van der Waals surface area contributed by atoms with E-state index >= 15 is 0 Å². The molecule has 0 saturated carbocycles. The van der Waals surface area contributed by atoms with Crippen LogP contribution in [-0.2, 0) is 9.53 Å². The number of carbonyl (C=O) groups is 2. The number of amides is 2. The number of piperazine rings is 1. The number of ether oxygens (including phenoxy) is 1. The number of hydrogen-bond acceptors (Lipinski definition) is 4. The number of carboxylic acid groups (broad SMARTS) is 1. The van der Waals surface area contributed by atoms with Crippen LogP contribution in [0.15, 0.2) is 0 Å². The van der Waals surface area contributed by atoms with Crippen molar-refractivity contribution in [2.24, 2.45) is 5.92 Å². The van der Waals surface area contributed by atoms with Crippen molar-refractivity contribution in [1.82, 2.24) is 15.1 Å². The molecule has 0 aromatic carbocycles. The maximum absolute atomic E-state index is 11.9. The van der Waals surface area contributed by atoms with E-state index < -0.39 is 5.97 Å². The second kappa shape index (κ2) is 9.57. The standard InChI is InChI=1S/C14H27N3O4/c1-12(2)3-9-21-10-4-15-14(20)17-7-5-16(6-8-17)11-13(18)19/h12H,3-11H2,1-2H3,(H,15,20)(H,18,19). The van der Waals surface area contributed by atoms with Gasteiger partial charge in [0.1, 0.15) is 0 Å². The highest BCUT2D eigenvalue weighted by Crippen LogP contribution is 2.01. The zero-order valence-corrected chi connectivity index (χ0v) is 13.0. The summed E-state index contributed by atoms with van der Waals surface area (Å²) in [5.74, 6) is -0.201. The number of hydrogen-bond donors (Lipinski definition) is 2. The molecule has 0 aromatic heterocycles. The lowest BCUT2D eigenvalue weighted by Crippen LogP contribution is -2.52. The molecule has 7 heteroatoms. The Morgan fingerprint density at radius 3 is 2.43 bits per heavy atom. The molecule has 0 unspecified atom stereocenters. The van der Waals surface area contributed by atoms with E-state index in [0.717, 1.165) is 13.0 Å². The molecule has 0 aromatic rings. The molecule has 2 amide bonds. The third-order valence-corrected chi connectivity index (χ3v) is 3.38. The SMILES string of the molecule is CC(C)CCOCCNC(=O)N1CCN(CC(=O)O)CC1. The predicted molar refractivity (Wildman–Crippen MR) is 79.3 cm³/mol. The molecule has 0 spiro atoms. The van der Waals surface area contributed by atoms with E-state index in [1.807, 2.05) is 4.90 Å². The maximum Gasteiger partial charge on any atom is 0.317 e. The molecule has 0 aliphatic carbocycles. The van der Waals surface area contributed by atoms with E-state index in [1.165, 1.54) is 0 Å². The largest absolute Gasteiger partial charge is 0.480 e. The van der Waals surface area contributed by atoms with Gasteiger partial charge in [-0.2, -0.15) is 0 Å². The minimum absolute atomic E-state index is 0.0408. The molecule has 7 nitrogen and oxygen atoms in total. The second-order valence-corrected chi connectivity index (χ2v) is 5.68. The van der Waals surface area contributed by atoms with Gasteiger partial charge in [0, 0.05) is 39.3 Å². The van der Waals surface area contributed by atoms with Crippen molar-refractivity contribution in [3.63, 3.8) is 0 Å². The first kappa shape index (κ1) is 17.7. The first-order valence-electron chi connectivity index (χ1n) is 7.53. The van der Waals surface area contributed by atoms with Crippen LogP contribution in [0.1, 0.15) is 20.3 Å². The van der Waals surface area contributed by atoms with E-state index in [2.05, 4.69) is 19.2 Å². The number of rotatable bonds is 8. The van der Waals surface area contributed by atoms with Gasteiger partial charge < -0.3 is 20.1 Å². The molecule has 1 heterocycles. The van der Waals surface area contributed by atoms with Gasteiger partial charge in [-0.15, -0.1) is 0 Å². The summed E-state index contributed by atoms with van der Waals surface area (Å²) in [4.78, 5) is 26.0. The van der Waals surface area contributed by atoms with Crippen molar-refractivity contribution < 1.29 is 19.4 Å². The minimum Gasteiger partial charge on any atom is -0.480 e. The van der Waals surface area contributed by atoms with Gasteiger partial charge in [0.2, 0.25) is 0 Å². The summed E-state index contributed by atoms with van der Waals surface area (Å²) in [5, 5.41) is 11.5. The van der Waals surface area contributed by atoms with Gasteiger partial charge in [-0.1, -0.05) is 13.8 Å². The van der Waals surface area contributed by atoms with E-state index in [4.69, 9.17) is 9.84 Å². The van der Waals surface area contributed by atoms with Crippen LogP contribution in [0.5, 0.6) is 0 Å². The average molecular weight is 301 g/mol. The molecule has 1 aliphatic rings. The van der Waals surface area contributed by atoms with Crippen molar-refractivity contribution >= 4 is 12.0 Å². The summed E-state index contributed by atoms with van der Waals surface area (Å²) in [7, 11) is 0. The zero-order chi connectivity index (χ0) is 15.7. The van der Waals surface area contributed by atoms with Crippen molar-refractivity contribution in [3.8, 4) is 0 Å². The topological polar surface area (TPSA) is 82.1 Å². The zero-order valence-electron chi connectivity index (χ0n) is 13.0. The highest BCUT2D eigenvalue weighted by Gasteiger charge is 2.21. The quantitative estimate of drug-likeness (QED) is 0.637. The Balaban J connectivity index is 2.07. The fourth-order valence-corrected chi connectivity index (χ4v) is 2.06. The van der Waals surface area contributed by atoms with Gasteiger partial charge in [0.05, 0.1) is 13.2 Å². The minimum atomic E-state index is -0.827. The summed E-state index contributed by atoms with van der Waals surface area (Å²) >= 11 is 0. The first-order chi connectivity index (χ1) is 9.99. The summed E-state index contributed by atoms with van der Waals surface area (Å²) < 4.78 is 5.44. The van der Waals surface area contributed by atoms with Gasteiger partial charge in [-0.25, -0.2) is 4.79 Å². The Morgan fingerprint density at radius 2 is 1.86 bits per heavy atom. The maximum atomic E-state index is 11.9. The lowest BCUT2D eigenvalue weighted by Gasteiger charge is -2.33. The first-order valence-corrected chi connectivity index (χ1v) is 7.53. The number of urea groups is 1. The molecule has 21 heavy (non-hydrogen) atoms. The molecule has 1 saturated heterocycles. The molecule has 0 atom stereocenters. The van der Waals surface area contributed by atoms with Gasteiger partial charge in [-0.05, 0) is 12.3 Å². The Hall–Kier alpha value is -1.34. The molecule has 1 aliphatic heterocycles. The second-order valence-electron chi connectivity index (χ2n) is 5.68. The molecule has 1 rings (SSSR count). The number of nitrogens with one attached hydrogen (secondary N) is 1. The van der Waals surface area contributed by atoms with Crippen molar-refractivity contribution in [2.75, 3.05) is 52.5 Å². The van der Waals surface area contributed by atoms with E-state index in [1.54, 1.807) is 4.90 Å². The van der Waals surface area contributed by atoms with Crippen LogP contribution >= 0.6 is 0 Å². The fraction of sp³-hybridized carbons (Fsp3) is 0.857. The number of nitrogens with zero attached hydrogens (tertiary/aromatic N) is 2. The van der Waals surface area contributed by atoms with E-state index in [0.29, 0.717) is 45.2 Å². The monoisotopic (exact) mass is 301 g/mol. The van der Waals surface area contributed by atoms with Gasteiger partial charge in [0.15, 0.2) is 0 Å². The average Bonchev–Trinajstić information content (AvgIpc) is 2.42. The smallest absolute Gasteiger partial charge is 0.317 e. The summed E-state index contributed by atoms with van der Waals surface area (Å²) in [6.45, 7) is 8.42. The highest BCUT2D eigenvalue weighted by atomic mass is 16.5. The molecular weight excluding hydrogens is 274 g/mol. The Bertz CT molecular complexity index is 328. The highest BCUT2D eigenvalue weighted by molar-refractivity contribution is 5.74. The third kappa shape index (κ3) is 7.87. The van der Waals surface area contributed by atoms with Crippen LogP contribution in [0.3, 0.4) is 0 Å². The molecular formula is C14H27N3O4. The molecule has 0 bridgehead atoms. The number of aliphatic carboxylic acids is 1. The lowest BCUT2D eigenvalue weighted by molar-refractivity contribution is -0.138.